The molecule has 2 aromatic heterocycles. The standard InChI is InChI=1S/C51H30N4/c1-3-15-31(16-4-1)49-52-50(32-17-5-2-6-18-32)54-51(53-49)55-47-29-43-39-25-13-9-21-35(39)33-19-7-11-23-37(33)41(43)27-45(47)46-28-42-38-24-12-8-20-34(38)36-22-10-14-26-40(36)44(42)30-48(46)55/h1-30H. The van der Waals surface area contributed by atoms with Gasteiger partial charge in [0.2, 0.25) is 5.95 Å². The predicted molar refractivity (Wildman–Crippen MR) is 230 cm³/mol. The third kappa shape index (κ3) is 4.43. The third-order valence-corrected chi connectivity index (χ3v) is 11.4. The van der Waals surface area contributed by atoms with Gasteiger partial charge in [0.25, 0.3) is 0 Å². The van der Waals surface area contributed by atoms with Crippen LogP contribution in [-0.4, -0.2) is 19.5 Å². The van der Waals surface area contributed by atoms with Crippen molar-refractivity contribution in [2.24, 2.45) is 0 Å². The first-order chi connectivity index (χ1) is 27.3. The minimum Gasteiger partial charge on any atom is -0.278 e. The van der Waals surface area contributed by atoms with E-state index in [1.807, 2.05) is 36.4 Å². The second kappa shape index (κ2) is 11.5. The number of rotatable bonds is 3. The van der Waals surface area contributed by atoms with Gasteiger partial charge in [0.1, 0.15) is 0 Å². The van der Waals surface area contributed by atoms with Gasteiger partial charge in [-0.1, -0.05) is 158 Å². The third-order valence-electron chi connectivity index (χ3n) is 11.4. The Morgan fingerprint density at radius 1 is 0.255 bits per heavy atom. The zero-order valence-corrected chi connectivity index (χ0v) is 29.6. The molecule has 12 rings (SSSR count). The van der Waals surface area contributed by atoms with Crippen molar-refractivity contribution in [3.05, 3.63) is 182 Å². The minimum absolute atomic E-state index is 0.585. The smallest absolute Gasteiger partial charge is 0.238 e. The Kier molecular flexibility index (Phi) is 6.31. The Labute approximate surface area is 315 Å². The van der Waals surface area contributed by atoms with Crippen LogP contribution in [0.15, 0.2) is 182 Å². The highest BCUT2D eigenvalue weighted by molar-refractivity contribution is 6.31. The molecule has 4 nitrogen and oxygen atoms in total. The van der Waals surface area contributed by atoms with Crippen molar-refractivity contribution in [3.8, 4) is 28.7 Å². The maximum Gasteiger partial charge on any atom is 0.238 e. The van der Waals surface area contributed by atoms with Crippen molar-refractivity contribution >= 4 is 86.4 Å². The quantitative estimate of drug-likeness (QED) is 0.173. The summed E-state index contributed by atoms with van der Waals surface area (Å²) in [4.78, 5) is 15.7. The molecule has 0 atom stereocenters. The lowest BCUT2D eigenvalue weighted by molar-refractivity contribution is 0.954. The average Bonchev–Trinajstić information content (AvgIpc) is 3.58. The van der Waals surface area contributed by atoms with Crippen LogP contribution in [0.4, 0.5) is 0 Å². The summed E-state index contributed by atoms with van der Waals surface area (Å²) in [7, 11) is 0. The second-order valence-electron chi connectivity index (χ2n) is 14.4. The zero-order chi connectivity index (χ0) is 36.0. The Balaban J connectivity index is 1.30. The first kappa shape index (κ1) is 30.1. The van der Waals surface area contributed by atoms with Gasteiger partial charge in [-0.3, -0.25) is 4.57 Å². The average molecular weight is 699 g/mol. The fourth-order valence-electron chi connectivity index (χ4n) is 8.92. The molecule has 2 heterocycles. The van der Waals surface area contributed by atoms with Crippen LogP contribution < -0.4 is 0 Å². The van der Waals surface area contributed by atoms with Gasteiger partial charge < -0.3 is 0 Å². The molecule has 0 N–H and O–H groups in total. The van der Waals surface area contributed by atoms with Gasteiger partial charge >= 0.3 is 0 Å². The number of hydrogen-bond acceptors (Lipinski definition) is 3. The van der Waals surface area contributed by atoms with E-state index in [9.17, 15) is 0 Å². The van der Waals surface area contributed by atoms with Crippen LogP contribution >= 0.6 is 0 Å². The van der Waals surface area contributed by atoms with Crippen molar-refractivity contribution in [1.29, 1.82) is 0 Å². The summed E-state index contributed by atoms with van der Waals surface area (Å²) in [5, 5.41) is 17.1. The van der Waals surface area contributed by atoms with Gasteiger partial charge in [0.05, 0.1) is 11.0 Å². The highest BCUT2D eigenvalue weighted by Gasteiger charge is 2.22. The van der Waals surface area contributed by atoms with E-state index in [1.54, 1.807) is 0 Å². The van der Waals surface area contributed by atoms with Crippen molar-refractivity contribution in [3.63, 3.8) is 0 Å². The van der Waals surface area contributed by atoms with Crippen molar-refractivity contribution < 1.29 is 0 Å². The Morgan fingerprint density at radius 2 is 0.545 bits per heavy atom. The Bertz CT molecular complexity index is 3300. The maximum atomic E-state index is 5.30. The Morgan fingerprint density at radius 3 is 0.891 bits per heavy atom. The molecule has 0 amide bonds. The molecule has 12 aromatic rings. The SMILES string of the molecule is c1ccc(-c2nc(-c3ccccc3)nc(-n3c4cc5c6ccccc6c6ccccc6c5cc4c4cc5c6ccccc6c6ccccc6c5cc43)n2)cc1. The number of benzene rings is 10. The Hall–Kier alpha value is -7.43. The lowest BCUT2D eigenvalue weighted by Crippen LogP contribution is -2.06. The molecule has 0 aliphatic heterocycles. The van der Waals surface area contributed by atoms with E-state index in [4.69, 9.17) is 15.0 Å². The van der Waals surface area contributed by atoms with Gasteiger partial charge in [-0.15, -0.1) is 0 Å². The molecule has 0 unspecified atom stereocenters. The summed E-state index contributed by atoms with van der Waals surface area (Å²) < 4.78 is 2.28. The van der Waals surface area contributed by atoms with Gasteiger partial charge in [-0.2, -0.15) is 9.97 Å². The number of nitrogens with zero attached hydrogens (tertiary/aromatic N) is 4. The minimum atomic E-state index is 0.585. The van der Waals surface area contributed by atoms with Gasteiger partial charge in [-0.25, -0.2) is 4.98 Å². The fraction of sp³-hybridized carbons (Fsp3) is 0. The molecule has 10 aromatic carbocycles. The van der Waals surface area contributed by atoms with Crippen LogP contribution in [0.1, 0.15) is 0 Å². The first-order valence-corrected chi connectivity index (χ1v) is 18.7. The van der Waals surface area contributed by atoms with E-state index in [0.29, 0.717) is 17.6 Å². The molecule has 0 bridgehead atoms. The monoisotopic (exact) mass is 698 g/mol. The highest BCUT2D eigenvalue weighted by atomic mass is 15.2. The predicted octanol–water partition coefficient (Wildman–Crippen LogP) is 13.2. The van der Waals surface area contributed by atoms with Crippen LogP contribution in [0, 0.1) is 0 Å². The lowest BCUT2D eigenvalue weighted by Gasteiger charge is -2.13. The zero-order valence-electron chi connectivity index (χ0n) is 29.6. The molecule has 0 saturated carbocycles. The fourth-order valence-corrected chi connectivity index (χ4v) is 8.92. The topological polar surface area (TPSA) is 43.6 Å². The summed E-state index contributed by atoms with van der Waals surface area (Å²) in [6, 6.07) is 65.1. The van der Waals surface area contributed by atoms with Gasteiger partial charge in [-0.05, 0) is 88.9 Å². The van der Waals surface area contributed by atoms with Crippen LogP contribution in [-0.2, 0) is 0 Å². The largest absolute Gasteiger partial charge is 0.278 e. The van der Waals surface area contributed by atoms with E-state index in [1.165, 1.54) is 64.6 Å². The summed E-state index contributed by atoms with van der Waals surface area (Å²) in [6.45, 7) is 0. The molecule has 0 spiro atoms. The van der Waals surface area contributed by atoms with Crippen LogP contribution in [0.3, 0.4) is 0 Å². The van der Waals surface area contributed by atoms with E-state index in [-0.39, 0.29) is 0 Å². The molecule has 254 valence electrons. The molecule has 4 heteroatoms. The van der Waals surface area contributed by atoms with Crippen LogP contribution in [0.25, 0.3) is 115 Å². The number of hydrogen-bond donors (Lipinski definition) is 0. The molecule has 0 fully saturated rings. The van der Waals surface area contributed by atoms with E-state index in [2.05, 4.69) is 150 Å². The normalized spacial score (nSPS) is 12.0. The van der Waals surface area contributed by atoms with Gasteiger partial charge in [0, 0.05) is 21.9 Å². The second-order valence-corrected chi connectivity index (χ2v) is 14.4. The number of aromatic nitrogens is 4. The van der Waals surface area contributed by atoms with Crippen molar-refractivity contribution in [1.82, 2.24) is 19.5 Å². The summed E-state index contributed by atoms with van der Waals surface area (Å²) in [6.07, 6.45) is 0. The molecule has 55 heavy (non-hydrogen) atoms. The maximum absolute atomic E-state index is 5.30. The van der Waals surface area contributed by atoms with Gasteiger partial charge in [0.15, 0.2) is 11.6 Å². The molecular weight excluding hydrogens is 669 g/mol. The first-order valence-electron chi connectivity index (χ1n) is 18.7. The van der Waals surface area contributed by atoms with E-state index in [0.717, 1.165) is 32.9 Å². The highest BCUT2D eigenvalue weighted by Crippen LogP contribution is 2.44. The lowest BCUT2D eigenvalue weighted by atomic mass is 9.92. The molecule has 0 aliphatic rings. The van der Waals surface area contributed by atoms with E-state index < -0.39 is 0 Å². The van der Waals surface area contributed by atoms with E-state index >= 15 is 0 Å². The summed E-state index contributed by atoms with van der Waals surface area (Å²) >= 11 is 0. The summed E-state index contributed by atoms with van der Waals surface area (Å²) in [5.74, 6) is 1.85. The molecular formula is C51H30N4. The van der Waals surface area contributed by atoms with Crippen molar-refractivity contribution in [2.45, 2.75) is 0 Å². The molecule has 0 aliphatic carbocycles. The van der Waals surface area contributed by atoms with Crippen LogP contribution in [0.5, 0.6) is 0 Å². The van der Waals surface area contributed by atoms with Crippen molar-refractivity contribution in [2.75, 3.05) is 0 Å². The molecule has 0 radical (unpaired) electrons. The number of fused-ring (bicyclic) bond motifs is 15. The molecule has 0 saturated heterocycles. The summed E-state index contributed by atoms with van der Waals surface area (Å²) in [5.41, 5.74) is 3.98. The van der Waals surface area contributed by atoms with Crippen LogP contribution in [0.2, 0.25) is 0 Å².